The van der Waals surface area contributed by atoms with Crippen LogP contribution in [0.2, 0.25) is 0 Å². The van der Waals surface area contributed by atoms with Gasteiger partial charge < -0.3 is 9.84 Å². The van der Waals surface area contributed by atoms with Crippen molar-refractivity contribution in [1.29, 1.82) is 0 Å². The lowest BCUT2D eigenvalue weighted by Gasteiger charge is -2.51. The highest BCUT2D eigenvalue weighted by atomic mass is 16.5. The summed E-state index contributed by atoms with van der Waals surface area (Å²) in [6.45, 7) is 6.68. The number of para-hydroxylation sites is 1. The molecule has 3 atom stereocenters. The third kappa shape index (κ3) is 1.36. The molecule has 104 valence electrons. The van der Waals surface area contributed by atoms with Gasteiger partial charge in [-0.15, -0.1) is 0 Å². The van der Waals surface area contributed by atoms with Crippen molar-refractivity contribution in [2.75, 3.05) is 7.11 Å². The number of ether oxygens (including phenoxy) is 1. The molecular weight excluding hydrogens is 236 g/mol. The lowest BCUT2D eigenvalue weighted by Crippen LogP contribution is -2.51. The predicted octanol–water partition coefficient (Wildman–Crippen LogP) is 3.73. The van der Waals surface area contributed by atoms with Crippen molar-refractivity contribution >= 4 is 0 Å². The molecule has 2 heteroatoms. The third-order valence-corrected chi connectivity index (χ3v) is 6.06. The van der Waals surface area contributed by atoms with Gasteiger partial charge in [-0.05, 0) is 31.2 Å². The first-order valence-corrected chi connectivity index (χ1v) is 7.23. The Morgan fingerprint density at radius 3 is 2.47 bits per heavy atom. The van der Waals surface area contributed by atoms with Gasteiger partial charge in [-0.3, -0.25) is 0 Å². The minimum absolute atomic E-state index is 0.0319. The first kappa shape index (κ1) is 13.0. The summed E-state index contributed by atoms with van der Waals surface area (Å²) in [6, 6.07) is 7.96. The molecule has 0 aromatic heterocycles. The van der Waals surface area contributed by atoms with Crippen LogP contribution in [0.5, 0.6) is 5.75 Å². The van der Waals surface area contributed by atoms with Gasteiger partial charge in [-0.1, -0.05) is 39.0 Å². The Morgan fingerprint density at radius 2 is 1.89 bits per heavy atom. The summed E-state index contributed by atoms with van der Waals surface area (Å²) in [5.41, 5.74) is 0.0344. The van der Waals surface area contributed by atoms with E-state index in [0.29, 0.717) is 5.92 Å². The average Bonchev–Trinajstić information content (AvgIpc) is 2.86. The minimum atomic E-state index is -0.796. The van der Waals surface area contributed by atoms with Gasteiger partial charge in [-0.2, -0.15) is 0 Å². The van der Waals surface area contributed by atoms with Crippen LogP contribution in [0.25, 0.3) is 0 Å². The van der Waals surface area contributed by atoms with Crippen LogP contribution >= 0.6 is 0 Å². The zero-order chi connectivity index (χ0) is 13.9. The van der Waals surface area contributed by atoms with E-state index in [1.165, 1.54) is 6.42 Å². The Bertz CT molecular complexity index is 501. The zero-order valence-corrected chi connectivity index (χ0v) is 12.4. The van der Waals surface area contributed by atoms with E-state index in [9.17, 15) is 5.11 Å². The molecule has 0 radical (unpaired) electrons. The molecular formula is C17H24O2. The van der Waals surface area contributed by atoms with Crippen molar-refractivity contribution in [2.24, 2.45) is 16.7 Å². The lowest BCUT2D eigenvalue weighted by molar-refractivity contribution is -0.151. The van der Waals surface area contributed by atoms with Gasteiger partial charge >= 0.3 is 0 Å². The third-order valence-electron chi connectivity index (χ3n) is 6.06. The fraction of sp³-hybridized carbons (Fsp3) is 0.647. The van der Waals surface area contributed by atoms with E-state index in [1.54, 1.807) is 7.11 Å². The van der Waals surface area contributed by atoms with E-state index in [4.69, 9.17) is 4.74 Å². The molecule has 0 amide bonds. The molecule has 2 fully saturated rings. The molecule has 2 aliphatic carbocycles. The molecule has 2 saturated carbocycles. The largest absolute Gasteiger partial charge is 0.496 e. The molecule has 1 unspecified atom stereocenters. The molecule has 1 aromatic carbocycles. The fourth-order valence-electron chi connectivity index (χ4n) is 4.87. The van der Waals surface area contributed by atoms with Crippen molar-refractivity contribution < 1.29 is 9.84 Å². The molecule has 2 bridgehead atoms. The number of aliphatic hydroxyl groups is 1. The fourth-order valence-corrected chi connectivity index (χ4v) is 4.87. The van der Waals surface area contributed by atoms with Crippen LogP contribution in [0, 0.1) is 16.7 Å². The summed E-state index contributed by atoms with van der Waals surface area (Å²) in [5, 5.41) is 11.7. The van der Waals surface area contributed by atoms with E-state index in [-0.39, 0.29) is 10.8 Å². The van der Waals surface area contributed by atoms with E-state index in [2.05, 4.69) is 20.8 Å². The van der Waals surface area contributed by atoms with Gasteiger partial charge in [0, 0.05) is 16.4 Å². The highest BCUT2D eigenvalue weighted by molar-refractivity contribution is 5.43. The topological polar surface area (TPSA) is 29.5 Å². The van der Waals surface area contributed by atoms with E-state index >= 15 is 0 Å². The molecule has 2 nitrogen and oxygen atoms in total. The van der Waals surface area contributed by atoms with Crippen LogP contribution < -0.4 is 4.74 Å². The van der Waals surface area contributed by atoms with Gasteiger partial charge in [0.05, 0.1) is 7.11 Å². The van der Waals surface area contributed by atoms with Crippen LogP contribution in [0.4, 0.5) is 0 Å². The molecule has 1 N–H and O–H groups in total. The standard InChI is InChI=1S/C17H24O2/c1-15(2)12-9-10-16(3,11-12)17(15,18)13-7-5-6-8-14(13)19-4/h5-8,12,18H,9-11H2,1-4H3/t12-,16+,17?/m1/s1. The smallest absolute Gasteiger partial charge is 0.124 e. The van der Waals surface area contributed by atoms with Crippen LogP contribution in [0.3, 0.4) is 0 Å². The van der Waals surface area contributed by atoms with Crippen molar-refractivity contribution in [1.82, 2.24) is 0 Å². The number of hydrogen-bond donors (Lipinski definition) is 1. The molecule has 0 spiro atoms. The van der Waals surface area contributed by atoms with E-state index in [0.717, 1.165) is 24.2 Å². The van der Waals surface area contributed by atoms with E-state index < -0.39 is 5.60 Å². The number of hydrogen-bond acceptors (Lipinski definition) is 2. The van der Waals surface area contributed by atoms with Gasteiger partial charge in [0.1, 0.15) is 11.4 Å². The SMILES string of the molecule is COc1ccccc1C1(O)C(C)(C)[C@@H]2CC[C@@]1(C)C2. The van der Waals surface area contributed by atoms with Crippen molar-refractivity contribution in [2.45, 2.75) is 45.6 Å². The second-order valence-electron chi connectivity index (χ2n) is 7.13. The minimum Gasteiger partial charge on any atom is -0.496 e. The van der Waals surface area contributed by atoms with Gasteiger partial charge in [0.25, 0.3) is 0 Å². The predicted molar refractivity (Wildman–Crippen MR) is 76.1 cm³/mol. The van der Waals surface area contributed by atoms with Crippen LogP contribution in [-0.4, -0.2) is 12.2 Å². The Hall–Kier alpha value is -1.02. The summed E-state index contributed by atoms with van der Waals surface area (Å²) in [7, 11) is 1.69. The summed E-state index contributed by atoms with van der Waals surface area (Å²) < 4.78 is 5.51. The molecule has 0 aliphatic heterocycles. The Kier molecular flexibility index (Phi) is 2.57. The van der Waals surface area contributed by atoms with Crippen LogP contribution in [0.15, 0.2) is 24.3 Å². The molecule has 0 heterocycles. The summed E-state index contributed by atoms with van der Waals surface area (Å²) in [4.78, 5) is 0. The second kappa shape index (κ2) is 3.76. The van der Waals surface area contributed by atoms with Crippen molar-refractivity contribution in [3.63, 3.8) is 0 Å². The lowest BCUT2D eigenvalue weighted by atomic mass is 9.57. The number of fused-ring (bicyclic) bond motifs is 2. The van der Waals surface area contributed by atoms with Crippen LogP contribution in [0.1, 0.15) is 45.6 Å². The number of rotatable bonds is 2. The summed E-state index contributed by atoms with van der Waals surface area (Å²) in [5.74, 6) is 1.42. The molecule has 19 heavy (non-hydrogen) atoms. The number of methoxy groups -OCH3 is 1. The van der Waals surface area contributed by atoms with Crippen LogP contribution in [-0.2, 0) is 5.60 Å². The summed E-state index contributed by atoms with van der Waals surface area (Å²) in [6.07, 6.45) is 3.46. The Morgan fingerprint density at radius 1 is 1.21 bits per heavy atom. The quantitative estimate of drug-likeness (QED) is 0.878. The molecule has 2 aliphatic rings. The highest BCUT2D eigenvalue weighted by Crippen LogP contribution is 2.72. The van der Waals surface area contributed by atoms with Gasteiger partial charge in [-0.25, -0.2) is 0 Å². The Labute approximate surface area is 115 Å². The van der Waals surface area contributed by atoms with Crippen molar-refractivity contribution in [3.8, 4) is 5.75 Å². The zero-order valence-electron chi connectivity index (χ0n) is 12.4. The molecule has 1 aromatic rings. The normalized spacial score (nSPS) is 39.5. The number of benzene rings is 1. The average molecular weight is 260 g/mol. The molecule has 3 rings (SSSR count). The maximum absolute atomic E-state index is 11.7. The monoisotopic (exact) mass is 260 g/mol. The van der Waals surface area contributed by atoms with Gasteiger partial charge in [0.2, 0.25) is 0 Å². The second-order valence-corrected chi connectivity index (χ2v) is 7.13. The van der Waals surface area contributed by atoms with E-state index in [1.807, 2.05) is 24.3 Å². The maximum Gasteiger partial charge on any atom is 0.124 e. The maximum atomic E-state index is 11.7. The first-order chi connectivity index (χ1) is 8.87. The van der Waals surface area contributed by atoms with Crippen molar-refractivity contribution in [3.05, 3.63) is 29.8 Å². The van der Waals surface area contributed by atoms with Gasteiger partial charge in [0.15, 0.2) is 0 Å². The summed E-state index contributed by atoms with van der Waals surface area (Å²) >= 11 is 0. The molecule has 0 saturated heterocycles. The Balaban J connectivity index is 2.22. The first-order valence-electron chi connectivity index (χ1n) is 7.23. The highest BCUT2D eigenvalue weighted by Gasteiger charge is 2.69.